The molecule has 0 fully saturated rings. The van der Waals surface area contributed by atoms with Gasteiger partial charge in [-0.2, -0.15) is 0 Å². The SMILES string of the molecule is Cc1cc(C)c(NC(C)c2cc(C)oc2C)c(Br)c1. The summed E-state index contributed by atoms with van der Waals surface area (Å²) in [6.45, 7) is 10.4. The average molecular weight is 322 g/mol. The van der Waals surface area contributed by atoms with Crippen LogP contribution in [0.2, 0.25) is 0 Å². The first-order chi connectivity index (χ1) is 8.88. The number of benzene rings is 1. The zero-order valence-corrected chi connectivity index (χ0v) is 13.7. The van der Waals surface area contributed by atoms with Gasteiger partial charge in [0.25, 0.3) is 0 Å². The molecule has 0 saturated carbocycles. The van der Waals surface area contributed by atoms with Crippen molar-refractivity contribution in [3.8, 4) is 0 Å². The van der Waals surface area contributed by atoms with Crippen molar-refractivity contribution in [2.24, 2.45) is 0 Å². The van der Waals surface area contributed by atoms with Crippen LogP contribution in [0, 0.1) is 27.7 Å². The largest absolute Gasteiger partial charge is 0.466 e. The molecule has 2 aromatic rings. The average Bonchev–Trinajstić information content (AvgIpc) is 2.62. The van der Waals surface area contributed by atoms with Crippen molar-refractivity contribution in [2.75, 3.05) is 5.32 Å². The number of furan rings is 1. The lowest BCUT2D eigenvalue weighted by Gasteiger charge is -2.18. The summed E-state index contributed by atoms with van der Waals surface area (Å²) in [7, 11) is 0. The maximum Gasteiger partial charge on any atom is 0.106 e. The number of anilines is 1. The minimum atomic E-state index is 0.218. The lowest BCUT2D eigenvalue weighted by molar-refractivity contribution is 0.500. The fourth-order valence-electron chi connectivity index (χ4n) is 2.47. The van der Waals surface area contributed by atoms with Gasteiger partial charge in [-0.3, -0.25) is 0 Å². The highest BCUT2D eigenvalue weighted by atomic mass is 79.9. The van der Waals surface area contributed by atoms with Gasteiger partial charge in [-0.05, 0) is 73.8 Å². The second-order valence-electron chi connectivity index (χ2n) is 5.17. The van der Waals surface area contributed by atoms with Gasteiger partial charge in [-0.15, -0.1) is 0 Å². The highest BCUT2D eigenvalue weighted by molar-refractivity contribution is 9.10. The molecule has 0 radical (unpaired) electrons. The zero-order valence-electron chi connectivity index (χ0n) is 12.1. The summed E-state index contributed by atoms with van der Waals surface area (Å²) >= 11 is 3.64. The molecular weight excluding hydrogens is 302 g/mol. The van der Waals surface area contributed by atoms with E-state index in [9.17, 15) is 0 Å². The summed E-state index contributed by atoms with van der Waals surface area (Å²) in [6.07, 6.45) is 0. The van der Waals surface area contributed by atoms with Gasteiger partial charge in [-0.25, -0.2) is 0 Å². The molecule has 3 heteroatoms. The van der Waals surface area contributed by atoms with Gasteiger partial charge in [0.1, 0.15) is 11.5 Å². The molecule has 0 bridgehead atoms. The van der Waals surface area contributed by atoms with E-state index in [1.165, 1.54) is 16.7 Å². The number of hydrogen-bond acceptors (Lipinski definition) is 2. The third kappa shape index (κ3) is 3.03. The van der Waals surface area contributed by atoms with E-state index >= 15 is 0 Å². The fraction of sp³-hybridized carbons (Fsp3) is 0.375. The monoisotopic (exact) mass is 321 g/mol. The Kier molecular flexibility index (Phi) is 4.04. The first-order valence-corrected chi connectivity index (χ1v) is 7.28. The van der Waals surface area contributed by atoms with Gasteiger partial charge in [0.15, 0.2) is 0 Å². The van der Waals surface area contributed by atoms with Crippen LogP contribution in [0.15, 0.2) is 27.1 Å². The lowest BCUT2D eigenvalue weighted by Crippen LogP contribution is -2.08. The maximum atomic E-state index is 5.60. The molecule has 0 amide bonds. The summed E-state index contributed by atoms with van der Waals surface area (Å²) in [5.74, 6) is 1.94. The molecule has 0 aliphatic heterocycles. The Morgan fingerprint density at radius 1 is 1.11 bits per heavy atom. The molecule has 0 saturated heterocycles. The van der Waals surface area contributed by atoms with Crippen molar-refractivity contribution in [2.45, 2.75) is 40.7 Å². The number of nitrogens with one attached hydrogen (secondary N) is 1. The Labute approximate surface area is 123 Å². The summed E-state index contributed by atoms with van der Waals surface area (Å²) in [6, 6.07) is 6.64. The fourth-order valence-corrected chi connectivity index (χ4v) is 3.26. The van der Waals surface area contributed by atoms with Crippen LogP contribution in [0.4, 0.5) is 5.69 Å². The summed E-state index contributed by atoms with van der Waals surface area (Å²) in [4.78, 5) is 0. The molecule has 1 heterocycles. The molecule has 102 valence electrons. The predicted molar refractivity (Wildman–Crippen MR) is 83.8 cm³/mol. The Hall–Kier alpha value is -1.22. The van der Waals surface area contributed by atoms with Crippen molar-refractivity contribution in [1.29, 1.82) is 0 Å². The van der Waals surface area contributed by atoms with Crippen molar-refractivity contribution >= 4 is 21.6 Å². The summed E-state index contributed by atoms with van der Waals surface area (Å²) in [5.41, 5.74) is 4.87. The molecular formula is C16H20BrNO. The Morgan fingerprint density at radius 2 is 1.79 bits per heavy atom. The van der Waals surface area contributed by atoms with Crippen LogP contribution in [0.3, 0.4) is 0 Å². The number of aryl methyl sites for hydroxylation is 4. The maximum absolute atomic E-state index is 5.60. The highest BCUT2D eigenvalue weighted by Crippen LogP contribution is 2.32. The summed E-state index contributed by atoms with van der Waals surface area (Å²) in [5, 5.41) is 3.57. The van der Waals surface area contributed by atoms with Gasteiger partial charge < -0.3 is 9.73 Å². The Morgan fingerprint density at radius 3 is 2.32 bits per heavy atom. The third-order valence-corrected chi connectivity index (χ3v) is 3.96. The molecule has 2 rings (SSSR count). The highest BCUT2D eigenvalue weighted by Gasteiger charge is 2.14. The van der Waals surface area contributed by atoms with E-state index in [-0.39, 0.29) is 6.04 Å². The van der Waals surface area contributed by atoms with Gasteiger partial charge >= 0.3 is 0 Å². The first kappa shape index (κ1) is 14.2. The number of halogens is 1. The van der Waals surface area contributed by atoms with Crippen LogP contribution < -0.4 is 5.32 Å². The van der Waals surface area contributed by atoms with Gasteiger partial charge in [0, 0.05) is 10.0 Å². The first-order valence-electron chi connectivity index (χ1n) is 6.48. The van der Waals surface area contributed by atoms with E-state index in [0.717, 1.165) is 21.7 Å². The van der Waals surface area contributed by atoms with Gasteiger partial charge in [0.05, 0.1) is 11.7 Å². The summed E-state index contributed by atoms with van der Waals surface area (Å²) < 4.78 is 6.71. The predicted octanol–water partition coefficient (Wildman–Crippen LogP) is 5.45. The van der Waals surface area contributed by atoms with E-state index in [1.807, 2.05) is 13.8 Å². The molecule has 0 aliphatic rings. The zero-order chi connectivity index (χ0) is 14.2. The van der Waals surface area contributed by atoms with E-state index in [2.05, 4.69) is 60.2 Å². The van der Waals surface area contributed by atoms with Gasteiger partial charge in [0.2, 0.25) is 0 Å². The molecule has 0 aliphatic carbocycles. The van der Waals surface area contributed by atoms with Crippen molar-refractivity contribution in [3.63, 3.8) is 0 Å². The van der Waals surface area contributed by atoms with E-state index in [1.54, 1.807) is 0 Å². The van der Waals surface area contributed by atoms with Crippen LogP contribution >= 0.6 is 15.9 Å². The Bertz CT molecular complexity index is 578. The minimum absolute atomic E-state index is 0.218. The topological polar surface area (TPSA) is 25.2 Å². The minimum Gasteiger partial charge on any atom is -0.466 e. The molecule has 1 aromatic carbocycles. The lowest BCUT2D eigenvalue weighted by atomic mass is 10.1. The van der Waals surface area contributed by atoms with Crippen LogP contribution in [-0.4, -0.2) is 0 Å². The van der Waals surface area contributed by atoms with Gasteiger partial charge in [-0.1, -0.05) is 6.07 Å². The Balaban J connectivity index is 2.29. The number of rotatable bonds is 3. The molecule has 0 spiro atoms. The molecule has 1 atom stereocenters. The quantitative estimate of drug-likeness (QED) is 0.813. The molecule has 2 nitrogen and oxygen atoms in total. The van der Waals surface area contributed by atoms with E-state index in [0.29, 0.717) is 0 Å². The molecule has 19 heavy (non-hydrogen) atoms. The second kappa shape index (κ2) is 5.41. The molecule has 1 N–H and O–H groups in total. The van der Waals surface area contributed by atoms with Crippen LogP contribution in [0.5, 0.6) is 0 Å². The standard InChI is InChI=1S/C16H20BrNO/c1-9-6-10(2)16(15(17)7-9)18-12(4)14-8-11(3)19-13(14)5/h6-8,12,18H,1-5H3. The van der Waals surface area contributed by atoms with Crippen LogP contribution in [-0.2, 0) is 0 Å². The van der Waals surface area contributed by atoms with Crippen LogP contribution in [0.1, 0.15) is 41.2 Å². The number of hydrogen-bond donors (Lipinski definition) is 1. The van der Waals surface area contributed by atoms with E-state index < -0.39 is 0 Å². The third-order valence-electron chi connectivity index (χ3n) is 3.34. The smallest absolute Gasteiger partial charge is 0.106 e. The molecule has 1 unspecified atom stereocenters. The van der Waals surface area contributed by atoms with Crippen LogP contribution in [0.25, 0.3) is 0 Å². The second-order valence-corrected chi connectivity index (χ2v) is 6.03. The normalized spacial score (nSPS) is 12.5. The molecule has 1 aromatic heterocycles. The van der Waals surface area contributed by atoms with Crippen molar-refractivity contribution in [3.05, 3.63) is 50.9 Å². The van der Waals surface area contributed by atoms with Crippen molar-refractivity contribution < 1.29 is 4.42 Å². The van der Waals surface area contributed by atoms with E-state index in [4.69, 9.17) is 4.42 Å². The van der Waals surface area contributed by atoms with Crippen molar-refractivity contribution in [1.82, 2.24) is 0 Å².